The highest BCUT2D eigenvalue weighted by Gasteiger charge is 2.31. The zero-order chi connectivity index (χ0) is 50.9. The van der Waals surface area contributed by atoms with E-state index in [1.54, 1.807) is 17.8 Å². The molecule has 0 aliphatic rings. The van der Waals surface area contributed by atoms with Crippen LogP contribution in [0.15, 0.2) is 211 Å². The van der Waals surface area contributed by atoms with Crippen molar-refractivity contribution < 1.29 is 10.2 Å². The Bertz CT molecular complexity index is 3030. The minimum absolute atomic E-state index is 0.0793. The van der Waals surface area contributed by atoms with Crippen molar-refractivity contribution in [1.82, 2.24) is 0 Å². The highest BCUT2D eigenvalue weighted by atomic mass is 32.2. The molecule has 0 saturated heterocycles. The molecule has 0 bridgehead atoms. The van der Waals surface area contributed by atoms with Gasteiger partial charge in [0, 0.05) is 20.0 Å². The third kappa shape index (κ3) is 12.4. The smallest absolute Gasteiger partial charge is 0.143 e. The third-order valence-corrected chi connectivity index (χ3v) is 21.4. The minimum Gasteiger partial charge on any atom is -0.507 e. The molecule has 0 amide bonds. The second-order valence-corrected chi connectivity index (χ2v) is 29.9. The molecule has 8 aromatic rings. The lowest BCUT2D eigenvalue weighted by Gasteiger charge is -2.30. The van der Waals surface area contributed by atoms with Gasteiger partial charge in [-0.05, 0) is 129 Å². The fraction of sp³-hybridized carbons (Fsp3) is 0.250. The average Bonchev–Trinajstić information content (AvgIpc) is 3.32. The molecule has 0 aliphatic heterocycles. The Labute approximate surface area is 440 Å². The standard InChI is InChI=1S/C64H68O2P2S3/c1-61(2,3)43-33-35-51(65)53(37-43)69-55-39-45(63(7,8)9)40-56(59(55)66)71-58-42-46(64(10,11)12)41-57(60(58)68(49-29-21-15-22-30-49)50-31-23-16-24-32-50)70-54-38-44(62(4,5)6)34-36-52(54)67(47-25-17-13-18-26-47)48-27-19-14-20-28-48/h13-42,65-66H,1-12H3. The number of hydrogen-bond donors (Lipinski definition) is 2. The van der Waals surface area contributed by atoms with Gasteiger partial charge in [0.1, 0.15) is 11.5 Å². The van der Waals surface area contributed by atoms with Crippen LogP contribution in [0.5, 0.6) is 11.5 Å². The molecule has 2 N–H and O–H groups in total. The van der Waals surface area contributed by atoms with Gasteiger partial charge in [-0.15, -0.1) is 0 Å². The maximum atomic E-state index is 12.7. The van der Waals surface area contributed by atoms with E-state index in [4.69, 9.17) is 0 Å². The van der Waals surface area contributed by atoms with Crippen LogP contribution < -0.4 is 31.8 Å². The predicted molar refractivity (Wildman–Crippen MR) is 314 cm³/mol. The van der Waals surface area contributed by atoms with Gasteiger partial charge in [-0.3, -0.25) is 0 Å². The molecule has 0 unspecified atom stereocenters. The van der Waals surface area contributed by atoms with Gasteiger partial charge in [-0.1, -0.05) is 258 Å². The molecule has 0 aliphatic carbocycles. The first-order valence-electron chi connectivity index (χ1n) is 24.4. The SMILES string of the molecule is CC(C)(C)c1ccc(O)c(Sc2cc(C(C)(C)C)cc(Sc3cc(C(C)(C)C)cc(Sc4cc(C(C)(C)C)ccc4P(c4ccccc4)c4ccccc4)c3P(c3ccccc3)c3ccccc3)c2O)c1. The summed E-state index contributed by atoms with van der Waals surface area (Å²) >= 11 is 5.02. The van der Waals surface area contributed by atoms with Crippen molar-refractivity contribution in [3.8, 4) is 11.5 Å². The van der Waals surface area contributed by atoms with E-state index >= 15 is 0 Å². The molecule has 0 heterocycles. The lowest BCUT2D eigenvalue weighted by Crippen LogP contribution is -2.26. The zero-order valence-corrected chi connectivity index (χ0v) is 47.6. The number of hydrogen-bond acceptors (Lipinski definition) is 5. The Morgan fingerprint density at radius 1 is 0.310 bits per heavy atom. The van der Waals surface area contributed by atoms with Crippen LogP contribution in [0.25, 0.3) is 0 Å². The Balaban J connectivity index is 1.43. The summed E-state index contributed by atoms with van der Waals surface area (Å²) in [4.78, 5) is 5.82. The second-order valence-electron chi connectivity index (χ2n) is 22.3. The Morgan fingerprint density at radius 3 is 1.01 bits per heavy atom. The molecule has 0 spiro atoms. The van der Waals surface area contributed by atoms with E-state index in [1.807, 2.05) is 17.8 Å². The number of phenolic OH excluding ortho intramolecular Hbond substituents is 2. The maximum Gasteiger partial charge on any atom is 0.143 e. The van der Waals surface area contributed by atoms with E-state index in [9.17, 15) is 10.2 Å². The lowest BCUT2D eigenvalue weighted by atomic mass is 9.87. The van der Waals surface area contributed by atoms with Crippen molar-refractivity contribution in [2.24, 2.45) is 0 Å². The van der Waals surface area contributed by atoms with Gasteiger partial charge >= 0.3 is 0 Å². The molecule has 71 heavy (non-hydrogen) atoms. The van der Waals surface area contributed by atoms with Crippen LogP contribution in [0.1, 0.15) is 105 Å². The van der Waals surface area contributed by atoms with Crippen molar-refractivity contribution in [1.29, 1.82) is 0 Å². The summed E-state index contributed by atoms with van der Waals surface area (Å²) < 4.78 is 0. The summed E-state index contributed by atoms with van der Waals surface area (Å²) in [5, 5.41) is 31.8. The summed E-state index contributed by atoms with van der Waals surface area (Å²) in [5.74, 6) is 0.421. The number of benzene rings is 8. The number of rotatable bonds is 12. The first-order valence-corrected chi connectivity index (χ1v) is 29.6. The molecule has 0 atom stereocenters. The number of aromatic hydroxyl groups is 2. The summed E-state index contributed by atoms with van der Waals surface area (Å²) in [5.41, 5.74) is 4.15. The monoisotopic (exact) mass is 1030 g/mol. The molecule has 0 aromatic heterocycles. The van der Waals surface area contributed by atoms with Crippen molar-refractivity contribution in [3.63, 3.8) is 0 Å². The van der Waals surface area contributed by atoms with E-state index in [2.05, 4.69) is 253 Å². The van der Waals surface area contributed by atoms with Gasteiger partial charge in [0.25, 0.3) is 0 Å². The van der Waals surface area contributed by atoms with Gasteiger partial charge < -0.3 is 10.2 Å². The Morgan fingerprint density at radius 2 is 0.620 bits per heavy atom. The fourth-order valence-electron chi connectivity index (χ4n) is 8.37. The van der Waals surface area contributed by atoms with E-state index < -0.39 is 15.8 Å². The van der Waals surface area contributed by atoms with Gasteiger partial charge in [0.05, 0.1) is 14.7 Å². The van der Waals surface area contributed by atoms with Gasteiger partial charge in [0.2, 0.25) is 0 Å². The van der Waals surface area contributed by atoms with Crippen LogP contribution in [0.3, 0.4) is 0 Å². The summed E-state index contributed by atoms with van der Waals surface area (Å²) in [6, 6.07) is 66.4. The van der Waals surface area contributed by atoms with Crippen LogP contribution in [-0.2, 0) is 21.7 Å². The van der Waals surface area contributed by atoms with Crippen LogP contribution in [0, 0.1) is 0 Å². The Kier molecular flexibility index (Phi) is 15.8. The third-order valence-electron chi connectivity index (χ3n) is 12.6. The molecule has 0 saturated carbocycles. The van der Waals surface area contributed by atoms with E-state index in [1.165, 1.54) is 64.5 Å². The first kappa shape index (κ1) is 52.6. The minimum atomic E-state index is -1.13. The predicted octanol–water partition coefficient (Wildman–Crippen LogP) is 16.3. The summed E-state index contributed by atoms with van der Waals surface area (Å²) in [7, 11) is -2.06. The van der Waals surface area contributed by atoms with Gasteiger partial charge in [-0.25, -0.2) is 0 Å². The molecule has 8 rings (SSSR count). The molecular formula is C64H68O2P2S3. The number of phenols is 2. The molecule has 8 aromatic carbocycles. The van der Waals surface area contributed by atoms with Crippen LogP contribution >= 0.6 is 51.1 Å². The lowest BCUT2D eigenvalue weighted by molar-refractivity contribution is 0.446. The van der Waals surface area contributed by atoms with E-state index in [0.717, 1.165) is 30.7 Å². The van der Waals surface area contributed by atoms with E-state index in [-0.39, 0.29) is 33.2 Å². The second kappa shape index (κ2) is 21.4. The molecule has 0 fully saturated rings. The zero-order valence-electron chi connectivity index (χ0n) is 43.3. The van der Waals surface area contributed by atoms with E-state index in [0.29, 0.717) is 0 Å². The van der Waals surface area contributed by atoms with Crippen molar-refractivity contribution in [3.05, 3.63) is 204 Å². The first-order chi connectivity index (χ1) is 33.6. The fourth-order valence-corrected chi connectivity index (χ4v) is 17.4. The highest BCUT2D eigenvalue weighted by molar-refractivity contribution is 8.02. The van der Waals surface area contributed by atoms with Gasteiger partial charge in [0.15, 0.2) is 0 Å². The quantitative estimate of drug-likeness (QED) is 0.119. The van der Waals surface area contributed by atoms with Crippen LogP contribution in [0.4, 0.5) is 0 Å². The Hall–Kier alpha value is -4.73. The molecule has 0 radical (unpaired) electrons. The van der Waals surface area contributed by atoms with Crippen molar-refractivity contribution >= 4 is 83.0 Å². The average molecular weight is 1030 g/mol. The topological polar surface area (TPSA) is 40.5 Å². The van der Waals surface area contributed by atoms with Crippen LogP contribution in [0.2, 0.25) is 0 Å². The summed E-state index contributed by atoms with van der Waals surface area (Å²) in [6.07, 6.45) is 0. The molecule has 364 valence electrons. The molecule has 2 nitrogen and oxygen atoms in total. The maximum absolute atomic E-state index is 12.7. The molecular weight excluding hydrogens is 959 g/mol. The molecule has 7 heteroatoms. The largest absolute Gasteiger partial charge is 0.507 e. The van der Waals surface area contributed by atoms with Crippen molar-refractivity contribution in [2.45, 2.75) is 134 Å². The highest BCUT2D eigenvalue weighted by Crippen LogP contribution is 2.51. The van der Waals surface area contributed by atoms with Crippen molar-refractivity contribution in [2.75, 3.05) is 0 Å². The normalized spacial score (nSPS) is 12.5. The van der Waals surface area contributed by atoms with Gasteiger partial charge in [-0.2, -0.15) is 0 Å². The summed E-state index contributed by atoms with van der Waals surface area (Å²) in [6.45, 7) is 27.1. The van der Waals surface area contributed by atoms with Crippen LogP contribution in [-0.4, -0.2) is 10.2 Å².